The zero-order chi connectivity index (χ0) is 8.27. The van der Waals surface area contributed by atoms with Crippen LogP contribution in [0.3, 0.4) is 0 Å². The molecule has 5 heteroatoms. The number of amides is 1. The van der Waals surface area contributed by atoms with Gasteiger partial charge in [-0.1, -0.05) is 0 Å². The summed E-state index contributed by atoms with van der Waals surface area (Å²) in [7, 11) is 0. The summed E-state index contributed by atoms with van der Waals surface area (Å²) < 4.78 is 4.37. The van der Waals surface area contributed by atoms with E-state index in [1.807, 2.05) is 0 Å². The first-order valence-corrected chi connectivity index (χ1v) is 3.82. The maximum absolute atomic E-state index is 11.0. The van der Waals surface area contributed by atoms with Crippen LogP contribution in [0.1, 0.15) is 6.42 Å². The Morgan fingerprint density at radius 2 is 2.55 bits per heavy atom. The lowest BCUT2D eigenvalue weighted by molar-refractivity contribution is -0.132. The third kappa shape index (κ3) is 2.36. The summed E-state index contributed by atoms with van der Waals surface area (Å²) in [5.74, 6) is -0.114. The Balaban J connectivity index is 2.31. The fourth-order valence-corrected chi connectivity index (χ4v) is 1.23. The molecule has 1 amide bonds. The van der Waals surface area contributed by atoms with Gasteiger partial charge in [-0.25, -0.2) is 0 Å². The van der Waals surface area contributed by atoms with E-state index < -0.39 is 0 Å². The van der Waals surface area contributed by atoms with Crippen LogP contribution in [0.5, 0.6) is 0 Å². The van der Waals surface area contributed by atoms with E-state index in [1.165, 1.54) is 0 Å². The van der Waals surface area contributed by atoms with E-state index >= 15 is 0 Å². The van der Waals surface area contributed by atoms with Crippen molar-refractivity contribution in [2.75, 3.05) is 19.7 Å². The summed E-state index contributed by atoms with van der Waals surface area (Å²) >= 11 is 3.47. The van der Waals surface area contributed by atoms with Crippen molar-refractivity contribution in [2.24, 2.45) is 0 Å². The van der Waals surface area contributed by atoms with Crippen molar-refractivity contribution in [1.29, 1.82) is 0 Å². The Morgan fingerprint density at radius 1 is 1.82 bits per heavy atom. The summed E-state index contributed by atoms with van der Waals surface area (Å²) in [6.45, 7) is 1.03. The lowest BCUT2D eigenvalue weighted by Crippen LogP contribution is -2.31. The van der Waals surface area contributed by atoms with Gasteiger partial charge in [0.15, 0.2) is 0 Å². The molecule has 64 valence electrons. The van der Waals surface area contributed by atoms with Crippen LogP contribution >= 0.6 is 12.9 Å². The highest BCUT2D eigenvalue weighted by Gasteiger charge is 2.23. The van der Waals surface area contributed by atoms with Crippen molar-refractivity contribution in [1.82, 2.24) is 4.90 Å². The van der Waals surface area contributed by atoms with E-state index in [0.717, 1.165) is 0 Å². The van der Waals surface area contributed by atoms with Crippen molar-refractivity contribution in [3.05, 3.63) is 0 Å². The van der Waals surface area contributed by atoms with Crippen LogP contribution in [0, 0.1) is 0 Å². The number of nitrogens with zero attached hydrogens (tertiary/aromatic N) is 1. The molecule has 1 N–H and O–H groups in total. The fourth-order valence-electron chi connectivity index (χ4n) is 1.11. The first kappa shape index (κ1) is 8.83. The summed E-state index contributed by atoms with van der Waals surface area (Å²) in [4.78, 5) is 12.6. The number of carbonyl (C=O) groups is 1. The van der Waals surface area contributed by atoms with Crippen molar-refractivity contribution < 1.29 is 14.1 Å². The van der Waals surface area contributed by atoms with Gasteiger partial charge in [-0.3, -0.25) is 4.79 Å². The Bertz CT molecular complexity index is 153. The fraction of sp³-hybridized carbons (Fsp3) is 0.833. The number of aliphatic hydroxyl groups is 1. The van der Waals surface area contributed by atoms with Gasteiger partial charge in [-0.15, -0.1) is 0 Å². The van der Waals surface area contributed by atoms with E-state index in [1.54, 1.807) is 4.90 Å². The zero-order valence-electron chi connectivity index (χ0n) is 6.06. The predicted octanol–water partition coefficient (Wildman–Crippen LogP) is -0.559. The normalized spacial score (nSPS) is 24.2. The molecule has 11 heavy (non-hydrogen) atoms. The van der Waals surface area contributed by atoms with Crippen molar-refractivity contribution in [3.63, 3.8) is 0 Å². The quantitative estimate of drug-likeness (QED) is 0.439. The molecule has 1 saturated heterocycles. The van der Waals surface area contributed by atoms with E-state index in [9.17, 15) is 4.79 Å². The molecule has 0 unspecified atom stereocenters. The van der Waals surface area contributed by atoms with Gasteiger partial charge in [0.1, 0.15) is 6.61 Å². The van der Waals surface area contributed by atoms with Gasteiger partial charge in [0, 0.05) is 13.1 Å². The van der Waals surface area contributed by atoms with E-state index in [2.05, 4.69) is 17.1 Å². The Hall–Kier alpha value is -0.260. The highest BCUT2D eigenvalue weighted by atomic mass is 32.1. The van der Waals surface area contributed by atoms with Crippen LogP contribution in [0.25, 0.3) is 0 Å². The van der Waals surface area contributed by atoms with Crippen LogP contribution in [-0.4, -0.2) is 41.7 Å². The summed E-state index contributed by atoms with van der Waals surface area (Å²) in [5.41, 5.74) is 0. The van der Waals surface area contributed by atoms with Gasteiger partial charge in [-0.05, 0) is 19.3 Å². The Morgan fingerprint density at radius 3 is 3.00 bits per heavy atom. The molecule has 0 aromatic carbocycles. The Labute approximate surface area is 70.8 Å². The smallest absolute Gasteiger partial charge is 0.249 e. The molecule has 1 heterocycles. The summed E-state index contributed by atoms with van der Waals surface area (Å²) in [6.07, 6.45) is 0.303. The van der Waals surface area contributed by atoms with E-state index in [4.69, 9.17) is 5.11 Å². The number of hydrogen-bond donors (Lipinski definition) is 2. The number of β-amino-alcohol motifs (C(OH)–C–C–N with tert-alkyl or cyclic N) is 1. The first-order chi connectivity index (χ1) is 5.24. The van der Waals surface area contributed by atoms with Gasteiger partial charge in [0.05, 0.1) is 6.10 Å². The van der Waals surface area contributed by atoms with E-state index in [-0.39, 0.29) is 18.6 Å². The average Bonchev–Trinajstić information content (AvgIpc) is 2.36. The Kier molecular flexibility index (Phi) is 3.16. The molecule has 0 aliphatic carbocycles. The summed E-state index contributed by atoms with van der Waals surface area (Å²) in [5, 5.41) is 9.06. The third-order valence-electron chi connectivity index (χ3n) is 1.70. The van der Waals surface area contributed by atoms with E-state index in [0.29, 0.717) is 19.5 Å². The largest absolute Gasteiger partial charge is 0.391 e. The number of thiol groups is 1. The molecule has 0 bridgehead atoms. The number of carbonyl (C=O) groups excluding carboxylic acids is 1. The first-order valence-electron chi connectivity index (χ1n) is 3.46. The highest BCUT2D eigenvalue weighted by molar-refractivity contribution is 7.75. The van der Waals surface area contributed by atoms with Crippen molar-refractivity contribution in [3.8, 4) is 0 Å². The standard InChI is InChI=1S/C6H11NO3S/c8-5-1-2-7(3-5)6(9)4-10-11/h5,8,11H,1-4H2/t5-/m1/s1. The molecular formula is C6H11NO3S. The molecular weight excluding hydrogens is 166 g/mol. The molecule has 1 fully saturated rings. The van der Waals surface area contributed by atoms with Crippen LogP contribution in [-0.2, 0) is 8.98 Å². The summed E-state index contributed by atoms with van der Waals surface area (Å²) in [6, 6.07) is 0. The van der Waals surface area contributed by atoms with Gasteiger partial charge >= 0.3 is 0 Å². The minimum atomic E-state index is -0.362. The van der Waals surface area contributed by atoms with Gasteiger partial charge < -0.3 is 14.2 Å². The maximum Gasteiger partial charge on any atom is 0.249 e. The van der Waals surface area contributed by atoms with Crippen molar-refractivity contribution in [2.45, 2.75) is 12.5 Å². The van der Waals surface area contributed by atoms with Gasteiger partial charge in [-0.2, -0.15) is 0 Å². The van der Waals surface area contributed by atoms with Gasteiger partial charge in [0.2, 0.25) is 5.91 Å². The second-order valence-corrected chi connectivity index (χ2v) is 2.81. The molecule has 1 atom stereocenters. The monoisotopic (exact) mass is 177 g/mol. The SMILES string of the molecule is O=C(COS)N1CC[C@@H](O)C1. The predicted molar refractivity (Wildman–Crippen MR) is 42.1 cm³/mol. The second-order valence-electron chi connectivity index (χ2n) is 2.56. The molecule has 0 radical (unpaired) electrons. The number of hydrogen-bond acceptors (Lipinski definition) is 4. The zero-order valence-corrected chi connectivity index (χ0v) is 6.96. The lowest BCUT2D eigenvalue weighted by atomic mass is 10.3. The van der Waals surface area contributed by atoms with Crippen LogP contribution in [0.4, 0.5) is 0 Å². The van der Waals surface area contributed by atoms with Crippen LogP contribution in [0.15, 0.2) is 0 Å². The molecule has 0 aromatic heterocycles. The topological polar surface area (TPSA) is 49.8 Å². The molecule has 1 aliphatic heterocycles. The van der Waals surface area contributed by atoms with Crippen LogP contribution < -0.4 is 0 Å². The molecule has 0 aromatic rings. The number of rotatable bonds is 2. The number of aliphatic hydroxyl groups excluding tert-OH is 1. The minimum Gasteiger partial charge on any atom is -0.391 e. The maximum atomic E-state index is 11.0. The molecule has 1 aliphatic rings. The molecule has 1 rings (SSSR count). The molecule has 0 saturated carbocycles. The van der Waals surface area contributed by atoms with Gasteiger partial charge in [0.25, 0.3) is 0 Å². The molecule has 0 spiro atoms. The lowest BCUT2D eigenvalue weighted by Gasteiger charge is -2.13. The second kappa shape index (κ2) is 3.94. The third-order valence-corrected chi connectivity index (χ3v) is 1.83. The minimum absolute atomic E-state index is 0.0180. The average molecular weight is 177 g/mol. The van der Waals surface area contributed by atoms with Crippen LogP contribution in [0.2, 0.25) is 0 Å². The van der Waals surface area contributed by atoms with Crippen molar-refractivity contribution >= 4 is 18.8 Å². The highest BCUT2D eigenvalue weighted by Crippen LogP contribution is 2.08. The number of likely N-dealkylation sites (tertiary alicyclic amines) is 1. The molecule has 4 nitrogen and oxygen atoms in total.